The van der Waals surface area contributed by atoms with Crippen molar-refractivity contribution < 1.29 is 9.53 Å². The van der Waals surface area contributed by atoms with Gasteiger partial charge < -0.3 is 15.0 Å². The molecule has 0 saturated carbocycles. The van der Waals surface area contributed by atoms with E-state index in [1.54, 1.807) is 4.90 Å². The van der Waals surface area contributed by atoms with Crippen LogP contribution in [0.3, 0.4) is 0 Å². The number of carbonyl (C=O) groups excluding carboxylic acids is 1. The molecule has 2 rings (SSSR count). The van der Waals surface area contributed by atoms with E-state index >= 15 is 0 Å². The Balaban J connectivity index is 1.83. The van der Waals surface area contributed by atoms with Gasteiger partial charge in [-0.25, -0.2) is 0 Å². The second-order valence-corrected chi connectivity index (χ2v) is 4.01. The molecule has 1 amide bonds. The van der Waals surface area contributed by atoms with Crippen LogP contribution in [0.1, 0.15) is 19.3 Å². The molecule has 2 unspecified atom stereocenters. The van der Waals surface area contributed by atoms with Crippen molar-refractivity contribution in [3.63, 3.8) is 0 Å². The largest absolute Gasteiger partial charge is 0.378 e. The molecular formula is C10H17N2O2. The molecule has 1 N–H and O–H groups in total. The molecule has 2 fully saturated rings. The Labute approximate surface area is 84.6 Å². The Morgan fingerprint density at radius 3 is 3.21 bits per heavy atom. The fourth-order valence-electron chi connectivity index (χ4n) is 2.23. The maximum atomic E-state index is 10.7. The molecule has 2 heterocycles. The van der Waals surface area contributed by atoms with Crippen molar-refractivity contribution in [2.45, 2.75) is 31.4 Å². The van der Waals surface area contributed by atoms with Crippen LogP contribution in [0.5, 0.6) is 0 Å². The van der Waals surface area contributed by atoms with Crippen molar-refractivity contribution in [2.75, 3.05) is 26.2 Å². The number of hydrogen-bond acceptors (Lipinski definition) is 3. The second kappa shape index (κ2) is 4.75. The summed E-state index contributed by atoms with van der Waals surface area (Å²) in [5, 5.41) is 3.30. The summed E-state index contributed by atoms with van der Waals surface area (Å²) in [6.07, 6.45) is 5.64. The highest BCUT2D eigenvalue weighted by Crippen LogP contribution is 2.19. The molecule has 2 saturated heterocycles. The first kappa shape index (κ1) is 9.93. The highest BCUT2D eigenvalue weighted by Gasteiger charge is 2.26. The molecule has 0 aromatic carbocycles. The van der Waals surface area contributed by atoms with Crippen molar-refractivity contribution in [1.29, 1.82) is 0 Å². The third-order valence-electron chi connectivity index (χ3n) is 3.03. The van der Waals surface area contributed by atoms with Gasteiger partial charge in [-0.1, -0.05) is 0 Å². The lowest BCUT2D eigenvalue weighted by molar-refractivity contribution is 0.0776. The first-order valence-corrected chi connectivity index (χ1v) is 5.37. The van der Waals surface area contributed by atoms with Gasteiger partial charge in [0, 0.05) is 32.3 Å². The van der Waals surface area contributed by atoms with Crippen LogP contribution in [-0.2, 0) is 9.53 Å². The number of rotatable bonds is 3. The van der Waals surface area contributed by atoms with Gasteiger partial charge in [0.25, 0.3) is 0 Å². The molecule has 0 bridgehead atoms. The molecule has 0 aromatic heterocycles. The summed E-state index contributed by atoms with van der Waals surface area (Å²) in [4.78, 5) is 12.5. The smallest absolute Gasteiger partial charge is 0.312 e. The lowest BCUT2D eigenvalue weighted by Crippen LogP contribution is -2.51. The molecule has 0 spiro atoms. The van der Waals surface area contributed by atoms with E-state index in [9.17, 15) is 4.79 Å². The van der Waals surface area contributed by atoms with E-state index < -0.39 is 0 Å². The standard InChI is InChI=1S/C10H17N2O2/c13-8-12-4-3-11-7-9(12)6-10-2-1-5-14-10/h9-11H,1-7H2. The monoisotopic (exact) mass is 197 g/mol. The molecule has 2 aliphatic heterocycles. The molecule has 4 heteroatoms. The molecule has 4 nitrogen and oxygen atoms in total. The van der Waals surface area contributed by atoms with Gasteiger partial charge in [0.2, 0.25) is 0 Å². The van der Waals surface area contributed by atoms with Gasteiger partial charge in [-0.15, -0.1) is 0 Å². The number of ether oxygens (including phenoxy) is 1. The topological polar surface area (TPSA) is 41.6 Å². The average molecular weight is 197 g/mol. The summed E-state index contributed by atoms with van der Waals surface area (Å²) in [6, 6.07) is 0.282. The zero-order valence-electron chi connectivity index (χ0n) is 8.37. The third kappa shape index (κ3) is 2.25. The summed E-state index contributed by atoms with van der Waals surface area (Å²) in [5.74, 6) is 0. The summed E-state index contributed by atoms with van der Waals surface area (Å²) >= 11 is 0. The highest BCUT2D eigenvalue weighted by molar-refractivity contribution is 5.49. The zero-order valence-corrected chi connectivity index (χ0v) is 8.37. The van der Waals surface area contributed by atoms with Crippen LogP contribution >= 0.6 is 0 Å². The average Bonchev–Trinajstić information content (AvgIpc) is 2.71. The number of piperazine rings is 1. The predicted molar refractivity (Wildman–Crippen MR) is 52.6 cm³/mol. The minimum Gasteiger partial charge on any atom is -0.378 e. The minimum atomic E-state index is 0.282. The zero-order chi connectivity index (χ0) is 9.80. The van der Waals surface area contributed by atoms with Crippen LogP contribution in [0.15, 0.2) is 0 Å². The normalized spacial score (nSPS) is 33.3. The van der Waals surface area contributed by atoms with Crippen LogP contribution < -0.4 is 5.32 Å². The molecule has 14 heavy (non-hydrogen) atoms. The SMILES string of the molecule is O=[C]N1CCNCC1CC1CCCO1. The van der Waals surface area contributed by atoms with Gasteiger partial charge in [-0.05, 0) is 19.3 Å². The highest BCUT2D eigenvalue weighted by atomic mass is 16.5. The number of nitrogens with zero attached hydrogens (tertiary/aromatic N) is 1. The molecule has 2 atom stereocenters. The summed E-state index contributed by atoms with van der Waals surface area (Å²) in [7, 11) is 0. The van der Waals surface area contributed by atoms with Gasteiger partial charge >= 0.3 is 6.41 Å². The molecule has 79 valence electrons. The number of amides is 1. The predicted octanol–water partition coefficient (Wildman–Crippen LogP) is -0.103. The van der Waals surface area contributed by atoms with Crippen molar-refractivity contribution in [3.05, 3.63) is 0 Å². The number of nitrogens with one attached hydrogen (secondary N) is 1. The molecule has 2 aliphatic rings. The molecule has 0 aromatic rings. The van der Waals surface area contributed by atoms with E-state index in [2.05, 4.69) is 5.32 Å². The van der Waals surface area contributed by atoms with Crippen LogP contribution in [0.4, 0.5) is 0 Å². The van der Waals surface area contributed by atoms with Crippen LogP contribution in [0.2, 0.25) is 0 Å². The van der Waals surface area contributed by atoms with E-state index in [4.69, 9.17) is 4.74 Å². The molecular weight excluding hydrogens is 180 g/mol. The van der Waals surface area contributed by atoms with Crippen molar-refractivity contribution in [3.8, 4) is 0 Å². The fraction of sp³-hybridized carbons (Fsp3) is 0.900. The summed E-state index contributed by atoms with van der Waals surface area (Å²) < 4.78 is 5.56. The Morgan fingerprint density at radius 2 is 2.50 bits per heavy atom. The fourth-order valence-corrected chi connectivity index (χ4v) is 2.23. The Kier molecular flexibility index (Phi) is 3.37. The van der Waals surface area contributed by atoms with Gasteiger partial charge in [-0.3, -0.25) is 4.79 Å². The minimum absolute atomic E-state index is 0.282. The quantitative estimate of drug-likeness (QED) is 0.686. The molecule has 1 radical (unpaired) electrons. The third-order valence-corrected chi connectivity index (χ3v) is 3.03. The van der Waals surface area contributed by atoms with Gasteiger partial charge in [0.05, 0.1) is 6.10 Å². The maximum absolute atomic E-state index is 10.7. The van der Waals surface area contributed by atoms with Crippen molar-refractivity contribution in [2.24, 2.45) is 0 Å². The lowest BCUT2D eigenvalue weighted by Gasteiger charge is -2.33. The second-order valence-electron chi connectivity index (χ2n) is 4.01. The summed E-state index contributed by atoms with van der Waals surface area (Å²) in [5.41, 5.74) is 0. The Morgan fingerprint density at radius 1 is 1.57 bits per heavy atom. The van der Waals surface area contributed by atoms with Crippen molar-refractivity contribution >= 4 is 6.41 Å². The number of hydrogen-bond donors (Lipinski definition) is 1. The van der Waals surface area contributed by atoms with Gasteiger partial charge in [-0.2, -0.15) is 0 Å². The Bertz CT molecular complexity index is 193. The Hall–Kier alpha value is -0.610. The van der Waals surface area contributed by atoms with Crippen molar-refractivity contribution in [1.82, 2.24) is 10.2 Å². The van der Waals surface area contributed by atoms with Crippen LogP contribution in [0, 0.1) is 0 Å². The lowest BCUT2D eigenvalue weighted by atomic mass is 10.0. The van der Waals surface area contributed by atoms with Crippen LogP contribution in [0.25, 0.3) is 0 Å². The first-order chi connectivity index (χ1) is 6.90. The van der Waals surface area contributed by atoms with Gasteiger partial charge in [0.1, 0.15) is 0 Å². The molecule has 0 aliphatic carbocycles. The summed E-state index contributed by atoms with van der Waals surface area (Å²) in [6.45, 7) is 3.43. The van der Waals surface area contributed by atoms with E-state index in [1.165, 1.54) is 0 Å². The van der Waals surface area contributed by atoms with Crippen LogP contribution in [-0.4, -0.2) is 49.7 Å². The van der Waals surface area contributed by atoms with E-state index in [0.29, 0.717) is 6.10 Å². The van der Waals surface area contributed by atoms with Gasteiger partial charge in [0.15, 0.2) is 0 Å². The van der Waals surface area contributed by atoms with E-state index in [1.807, 2.05) is 6.41 Å². The van der Waals surface area contributed by atoms with E-state index in [0.717, 1.165) is 45.5 Å². The maximum Gasteiger partial charge on any atom is 0.312 e. The van der Waals surface area contributed by atoms with E-state index in [-0.39, 0.29) is 6.04 Å². The first-order valence-electron chi connectivity index (χ1n) is 5.37.